The van der Waals surface area contributed by atoms with Crippen molar-refractivity contribution in [1.82, 2.24) is 29.6 Å². The van der Waals surface area contributed by atoms with Crippen LogP contribution in [0.25, 0.3) is 5.65 Å². The van der Waals surface area contributed by atoms with Gasteiger partial charge in [-0.15, -0.1) is 15.3 Å². The summed E-state index contributed by atoms with van der Waals surface area (Å²) in [6, 6.07) is 14.1. The highest BCUT2D eigenvalue weighted by atomic mass is 16.5. The third-order valence-corrected chi connectivity index (χ3v) is 5.28. The number of aryl methyl sites for hydroxylation is 1. The Balaban J connectivity index is 1.23. The number of benzene rings is 1. The van der Waals surface area contributed by atoms with Crippen LogP contribution in [0.1, 0.15) is 24.2 Å². The molecule has 8 nitrogen and oxygen atoms in total. The summed E-state index contributed by atoms with van der Waals surface area (Å²) in [6.45, 7) is 4.36. The van der Waals surface area contributed by atoms with Crippen molar-refractivity contribution in [2.45, 2.75) is 25.8 Å². The number of aromatic nitrogens is 4. The van der Waals surface area contributed by atoms with Gasteiger partial charge in [-0.05, 0) is 18.1 Å². The fourth-order valence-electron chi connectivity index (χ4n) is 3.63. The number of hydrogen-bond acceptors (Lipinski definition) is 6. The highest BCUT2D eigenvalue weighted by Crippen LogP contribution is 2.13. The number of ether oxygens (including phenoxy) is 1. The maximum absolute atomic E-state index is 12.6. The van der Waals surface area contributed by atoms with Gasteiger partial charge in [-0.3, -0.25) is 9.69 Å². The number of rotatable bonds is 7. The van der Waals surface area contributed by atoms with Crippen molar-refractivity contribution in [2.24, 2.45) is 0 Å². The zero-order valence-corrected chi connectivity index (χ0v) is 16.7. The maximum Gasteiger partial charge on any atom is 0.231 e. The first-order valence-electron chi connectivity index (χ1n) is 10.0. The molecule has 2 aromatic heterocycles. The van der Waals surface area contributed by atoms with E-state index in [1.807, 2.05) is 17.0 Å². The molecule has 29 heavy (non-hydrogen) atoms. The number of carbonyl (C=O) groups excluding carboxylic acids is 1. The highest BCUT2D eigenvalue weighted by Gasteiger charge is 2.21. The Bertz CT molecular complexity index is 950. The second kappa shape index (κ2) is 9.00. The SMILES string of the molecule is COc1ccc2nnc(CCCC(=O)N3CCN(Cc4ccccc4)CC3)n2n1. The van der Waals surface area contributed by atoms with E-state index in [-0.39, 0.29) is 5.91 Å². The maximum atomic E-state index is 12.6. The molecule has 0 saturated carbocycles. The summed E-state index contributed by atoms with van der Waals surface area (Å²) in [5, 5.41) is 12.7. The van der Waals surface area contributed by atoms with Crippen molar-refractivity contribution in [3.63, 3.8) is 0 Å². The van der Waals surface area contributed by atoms with Gasteiger partial charge in [0.2, 0.25) is 11.8 Å². The number of amides is 1. The lowest BCUT2D eigenvalue weighted by Gasteiger charge is -2.34. The molecule has 0 N–H and O–H groups in total. The number of piperazine rings is 1. The molecular formula is C21H26N6O2. The first kappa shape index (κ1) is 19.3. The minimum Gasteiger partial charge on any atom is -0.480 e. The highest BCUT2D eigenvalue weighted by molar-refractivity contribution is 5.76. The average molecular weight is 394 g/mol. The lowest BCUT2D eigenvalue weighted by molar-refractivity contribution is -0.133. The van der Waals surface area contributed by atoms with Crippen LogP contribution in [0.4, 0.5) is 0 Å². The standard InChI is InChI=1S/C21H26N6O2/c1-29-20-11-10-19-23-22-18(27(19)24-20)8-5-9-21(28)26-14-12-25(13-15-26)16-17-6-3-2-4-7-17/h2-4,6-7,10-11H,5,8-9,12-16H2,1H3. The predicted octanol–water partition coefficient (Wildman–Crippen LogP) is 1.80. The molecule has 3 heterocycles. The first-order chi connectivity index (χ1) is 14.2. The number of nitrogens with zero attached hydrogens (tertiary/aromatic N) is 6. The van der Waals surface area contributed by atoms with Crippen molar-refractivity contribution in [1.29, 1.82) is 0 Å². The van der Waals surface area contributed by atoms with E-state index in [1.165, 1.54) is 5.56 Å². The zero-order chi connectivity index (χ0) is 20.1. The van der Waals surface area contributed by atoms with Crippen molar-refractivity contribution < 1.29 is 9.53 Å². The Morgan fingerprint density at radius 1 is 1.03 bits per heavy atom. The normalized spacial score (nSPS) is 15.0. The van der Waals surface area contributed by atoms with Crippen molar-refractivity contribution in [2.75, 3.05) is 33.3 Å². The van der Waals surface area contributed by atoms with Crippen LogP contribution in [0, 0.1) is 0 Å². The van der Waals surface area contributed by atoms with E-state index in [9.17, 15) is 4.79 Å². The smallest absolute Gasteiger partial charge is 0.231 e. The Kier molecular flexibility index (Phi) is 6.00. The lowest BCUT2D eigenvalue weighted by Crippen LogP contribution is -2.48. The minimum atomic E-state index is 0.212. The van der Waals surface area contributed by atoms with Gasteiger partial charge in [0.25, 0.3) is 0 Å². The van der Waals surface area contributed by atoms with E-state index in [0.717, 1.165) is 45.0 Å². The van der Waals surface area contributed by atoms with Crippen LogP contribution >= 0.6 is 0 Å². The van der Waals surface area contributed by atoms with Gasteiger partial charge in [0, 0.05) is 51.6 Å². The lowest BCUT2D eigenvalue weighted by atomic mass is 10.1. The second-order valence-electron chi connectivity index (χ2n) is 7.26. The van der Waals surface area contributed by atoms with E-state index < -0.39 is 0 Å². The number of fused-ring (bicyclic) bond motifs is 1. The van der Waals surface area contributed by atoms with E-state index >= 15 is 0 Å². The Hall–Kier alpha value is -3.00. The number of hydrogen-bond donors (Lipinski definition) is 0. The van der Waals surface area contributed by atoms with E-state index in [1.54, 1.807) is 17.7 Å². The third kappa shape index (κ3) is 4.71. The molecule has 0 aliphatic carbocycles. The minimum absolute atomic E-state index is 0.212. The molecule has 1 amide bonds. The van der Waals surface area contributed by atoms with Gasteiger partial charge in [-0.25, -0.2) is 0 Å². The zero-order valence-electron chi connectivity index (χ0n) is 16.7. The molecule has 0 unspecified atom stereocenters. The summed E-state index contributed by atoms with van der Waals surface area (Å²) in [7, 11) is 1.58. The van der Waals surface area contributed by atoms with Crippen LogP contribution in [0.5, 0.6) is 5.88 Å². The summed E-state index contributed by atoms with van der Waals surface area (Å²) in [4.78, 5) is 17.0. The molecule has 1 fully saturated rings. The summed E-state index contributed by atoms with van der Waals surface area (Å²) in [5.74, 6) is 1.48. The van der Waals surface area contributed by atoms with Crippen molar-refractivity contribution in [3.05, 3.63) is 53.9 Å². The number of carbonyl (C=O) groups is 1. The van der Waals surface area contributed by atoms with Crippen LogP contribution in [0.15, 0.2) is 42.5 Å². The Morgan fingerprint density at radius 2 is 1.83 bits per heavy atom. The predicted molar refractivity (Wildman–Crippen MR) is 109 cm³/mol. The molecule has 1 aliphatic heterocycles. The fraction of sp³-hybridized carbons (Fsp3) is 0.429. The quantitative estimate of drug-likeness (QED) is 0.608. The van der Waals surface area contributed by atoms with Gasteiger partial charge in [-0.2, -0.15) is 4.52 Å². The Labute approximate surface area is 170 Å². The molecule has 152 valence electrons. The van der Waals surface area contributed by atoms with Crippen molar-refractivity contribution in [3.8, 4) is 5.88 Å². The van der Waals surface area contributed by atoms with Crippen LogP contribution < -0.4 is 4.74 Å². The molecule has 0 radical (unpaired) electrons. The summed E-state index contributed by atoms with van der Waals surface area (Å²) in [6.07, 6.45) is 1.89. The van der Waals surface area contributed by atoms with Crippen LogP contribution in [-0.4, -0.2) is 68.8 Å². The first-order valence-corrected chi connectivity index (χ1v) is 10.0. The van der Waals surface area contributed by atoms with E-state index in [0.29, 0.717) is 24.4 Å². The van der Waals surface area contributed by atoms with Gasteiger partial charge in [0.1, 0.15) is 0 Å². The van der Waals surface area contributed by atoms with Gasteiger partial charge >= 0.3 is 0 Å². The topological polar surface area (TPSA) is 75.9 Å². The summed E-state index contributed by atoms with van der Waals surface area (Å²) >= 11 is 0. The average Bonchev–Trinajstić information content (AvgIpc) is 3.17. The molecule has 3 aromatic rings. The van der Waals surface area contributed by atoms with Crippen LogP contribution in [0.2, 0.25) is 0 Å². The molecule has 0 spiro atoms. The molecule has 0 bridgehead atoms. The Morgan fingerprint density at radius 3 is 2.59 bits per heavy atom. The largest absolute Gasteiger partial charge is 0.480 e. The van der Waals surface area contributed by atoms with Crippen LogP contribution in [0.3, 0.4) is 0 Å². The molecule has 1 aliphatic rings. The monoisotopic (exact) mass is 394 g/mol. The summed E-state index contributed by atoms with van der Waals surface area (Å²) < 4.78 is 6.85. The fourth-order valence-corrected chi connectivity index (χ4v) is 3.63. The van der Waals surface area contributed by atoms with Crippen LogP contribution in [-0.2, 0) is 17.8 Å². The van der Waals surface area contributed by atoms with Gasteiger partial charge < -0.3 is 9.64 Å². The van der Waals surface area contributed by atoms with Gasteiger partial charge in [0.05, 0.1) is 7.11 Å². The van der Waals surface area contributed by atoms with Gasteiger partial charge in [0.15, 0.2) is 11.5 Å². The van der Waals surface area contributed by atoms with E-state index in [2.05, 4.69) is 44.5 Å². The molecule has 0 atom stereocenters. The number of methoxy groups -OCH3 is 1. The molecule has 1 aromatic carbocycles. The molecule has 4 rings (SSSR count). The molecule has 1 saturated heterocycles. The molecular weight excluding hydrogens is 368 g/mol. The summed E-state index contributed by atoms with van der Waals surface area (Å²) in [5.41, 5.74) is 2.00. The van der Waals surface area contributed by atoms with Crippen molar-refractivity contribution >= 4 is 11.6 Å². The van der Waals surface area contributed by atoms with E-state index in [4.69, 9.17) is 4.74 Å². The molecule has 8 heteroatoms. The van der Waals surface area contributed by atoms with Gasteiger partial charge in [-0.1, -0.05) is 30.3 Å². The second-order valence-corrected chi connectivity index (χ2v) is 7.26. The third-order valence-electron chi connectivity index (χ3n) is 5.28.